The van der Waals surface area contributed by atoms with Crippen LogP contribution in [0.2, 0.25) is 0 Å². The number of alkyl halides is 4. The Morgan fingerprint density at radius 2 is 2.18 bits per heavy atom. The molecule has 0 aliphatic heterocycles. The second-order valence-corrected chi connectivity index (χ2v) is 4.60. The van der Waals surface area contributed by atoms with Crippen molar-refractivity contribution in [3.05, 3.63) is 23.2 Å². The third-order valence-corrected chi connectivity index (χ3v) is 2.48. The van der Waals surface area contributed by atoms with Gasteiger partial charge >= 0.3 is 12.1 Å². The van der Waals surface area contributed by atoms with Gasteiger partial charge in [-0.15, -0.1) is 0 Å². The maximum absolute atomic E-state index is 12.6. The summed E-state index contributed by atoms with van der Waals surface area (Å²) in [6.45, 7) is 3.10. The van der Waals surface area contributed by atoms with Gasteiger partial charge in [0, 0.05) is 10.4 Å². The molecule has 0 saturated heterocycles. The first-order valence-electron chi connectivity index (χ1n) is 4.78. The summed E-state index contributed by atoms with van der Waals surface area (Å²) in [5.74, 6) is -2.35. The van der Waals surface area contributed by atoms with Crippen LogP contribution in [-0.4, -0.2) is 12.6 Å². The van der Waals surface area contributed by atoms with Crippen molar-refractivity contribution in [3.63, 3.8) is 0 Å². The summed E-state index contributed by atoms with van der Waals surface area (Å²) in [7, 11) is 0. The van der Waals surface area contributed by atoms with E-state index in [0.717, 1.165) is 6.26 Å². The highest BCUT2D eigenvalue weighted by atomic mass is 79.9. The minimum Gasteiger partial charge on any atom is -0.462 e. The average Bonchev–Trinajstić information content (AvgIpc) is 2.60. The van der Waals surface area contributed by atoms with Crippen LogP contribution < -0.4 is 0 Å². The molecule has 7 heteroatoms. The van der Waals surface area contributed by atoms with Gasteiger partial charge in [0.05, 0.1) is 12.9 Å². The van der Waals surface area contributed by atoms with Gasteiger partial charge in [0.2, 0.25) is 5.76 Å². The molecule has 17 heavy (non-hydrogen) atoms. The summed E-state index contributed by atoms with van der Waals surface area (Å²) < 4.78 is 46.9. The van der Waals surface area contributed by atoms with Gasteiger partial charge in [-0.2, -0.15) is 13.2 Å². The van der Waals surface area contributed by atoms with E-state index in [1.54, 1.807) is 6.92 Å². The lowest BCUT2D eigenvalue weighted by Crippen LogP contribution is -2.14. The van der Waals surface area contributed by atoms with Crippen molar-refractivity contribution < 1.29 is 27.1 Å². The van der Waals surface area contributed by atoms with Crippen LogP contribution in [0, 0.1) is 0 Å². The summed E-state index contributed by atoms with van der Waals surface area (Å²) in [5, 5.41) is 0. The number of hydrogen-bond acceptors (Lipinski definition) is 3. The molecule has 1 atom stereocenters. The molecule has 1 rings (SSSR count). The number of carbonyl (C=O) groups excluding carboxylic acids is 1. The van der Waals surface area contributed by atoms with Crippen LogP contribution in [0.25, 0.3) is 0 Å². The van der Waals surface area contributed by atoms with Gasteiger partial charge in [0.25, 0.3) is 0 Å². The van der Waals surface area contributed by atoms with Crippen molar-refractivity contribution in [2.45, 2.75) is 24.9 Å². The second-order valence-electron chi connectivity index (χ2n) is 3.23. The molecule has 1 aromatic rings. The molecule has 3 nitrogen and oxygen atoms in total. The van der Waals surface area contributed by atoms with Crippen LogP contribution in [0.1, 0.15) is 40.4 Å². The zero-order valence-electron chi connectivity index (χ0n) is 9.10. The Kier molecular flexibility index (Phi) is 4.24. The van der Waals surface area contributed by atoms with Gasteiger partial charge in [0.1, 0.15) is 5.56 Å². The molecule has 1 heterocycles. The van der Waals surface area contributed by atoms with Crippen molar-refractivity contribution >= 4 is 21.9 Å². The molecular formula is C10H10BrF3O3. The van der Waals surface area contributed by atoms with Crippen LogP contribution in [0.3, 0.4) is 0 Å². The first-order chi connectivity index (χ1) is 7.79. The molecule has 0 amide bonds. The molecule has 0 bridgehead atoms. The summed E-state index contributed by atoms with van der Waals surface area (Å²) in [6, 6.07) is 0. The fourth-order valence-electron chi connectivity index (χ4n) is 1.29. The van der Waals surface area contributed by atoms with E-state index in [1.807, 2.05) is 0 Å². The standard InChI is InChI=1S/C10H10BrF3O3/c1-3-16-9(15)7-6(5(2)11)4-17-8(7)10(12,13)14/h4-5H,3H2,1-2H3. The molecule has 0 aromatic carbocycles. The molecule has 1 aromatic heterocycles. The Labute approximate surface area is 104 Å². The highest BCUT2D eigenvalue weighted by molar-refractivity contribution is 9.09. The van der Waals surface area contributed by atoms with Gasteiger partial charge < -0.3 is 9.15 Å². The van der Waals surface area contributed by atoms with E-state index >= 15 is 0 Å². The molecule has 0 radical (unpaired) electrons. The Hall–Kier alpha value is -0.980. The zero-order chi connectivity index (χ0) is 13.2. The van der Waals surface area contributed by atoms with Crippen molar-refractivity contribution in [3.8, 4) is 0 Å². The molecule has 0 N–H and O–H groups in total. The Morgan fingerprint density at radius 1 is 1.59 bits per heavy atom. The SMILES string of the molecule is CCOC(=O)c1c(C(C)Br)coc1C(F)(F)F. The van der Waals surface area contributed by atoms with E-state index in [1.165, 1.54) is 6.92 Å². The number of hydrogen-bond donors (Lipinski definition) is 0. The normalized spacial score (nSPS) is 13.5. The molecule has 0 fully saturated rings. The number of carbonyl (C=O) groups is 1. The molecule has 0 spiro atoms. The molecule has 0 aliphatic rings. The van der Waals surface area contributed by atoms with E-state index in [9.17, 15) is 18.0 Å². The largest absolute Gasteiger partial charge is 0.462 e. The minimum absolute atomic E-state index is 0.00256. The topological polar surface area (TPSA) is 39.4 Å². The van der Waals surface area contributed by atoms with Crippen LogP contribution in [0.15, 0.2) is 10.7 Å². The molecule has 0 saturated carbocycles. The maximum atomic E-state index is 12.6. The summed E-state index contributed by atoms with van der Waals surface area (Å²) in [6.07, 6.45) is -3.81. The number of esters is 1. The number of furan rings is 1. The van der Waals surface area contributed by atoms with Crippen molar-refractivity contribution in [1.29, 1.82) is 0 Å². The number of halogens is 4. The molecule has 0 aliphatic carbocycles. The van der Waals surface area contributed by atoms with E-state index in [-0.39, 0.29) is 12.2 Å². The van der Waals surface area contributed by atoms with Crippen LogP contribution in [0.5, 0.6) is 0 Å². The first-order valence-corrected chi connectivity index (χ1v) is 5.70. The van der Waals surface area contributed by atoms with Crippen molar-refractivity contribution in [2.75, 3.05) is 6.61 Å². The fraction of sp³-hybridized carbons (Fsp3) is 0.500. The molecular weight excluding hydrogens is 305 g/mol. The van der Waals surface area contributed by atoms with Gasteiger partial charge in [-0.3, -0.25) is 0 Å². The summed E-state index contributed by atoms with van der Waals surface area (Å²) >= 11 is 3.10. The Morgan fingerprint density at radius 3 is 2.59 bits per heavy atom. The maximum Gasteiger partial charge on any atom is 0.450 e. The second kappa shape index (κ2) is 5.12. The van der Waals surface area contributed by atoms with E-state index < -0.39 is 28.3 Å². The minimum atomic E-state index is -4.72. The van der Waals surface area contributed by atoms with Gasteiger partial charge in [-0.25, -0.2) is 4.79 Å². The quantitative estimate of drug-likeness (QED) is 0.627. The first kappa shape index (κ1) is 14.1. The predicted octanol–water partition coefficient (Wildman–Crippen LogP) is 3.93. The van der Waals surface area contributed by atoms with Gasteiger partial charge in [-0.05, 0) is 13.8 Å². The van der Waals surface area contributed by atoms with Crippen LogP contribution >= 0.6 is 15.9 Å². The lowest BCUT2D eigenvalue weighted by atomic mass is 10.1. The zero-order valence-corrected chi connectivity index (χ0v) is 10.7. The predicted molar refractivity (Wildman–Crippen MR) is 57.0 cm³/mol. The Bertz CT molecular complexity index is 409. The molecule has 1 unspecified atom stereocenters. The fourth-order valence-corrected chi connectivity index (χ4v) is 1.62. The summed E-state index contributed by atoms with van der Waals surface area (Å²) in [5.41, 5.74) is -0.445. The third kappa shape index (κ3) is 3.02. The highest BCUT2D eigenvalue weighted by Gasteiger charge is 2.42. The average molecular weight is 315 g/mol. The van der Waals surface area contributed by atoms with E-state index in [2.05, 4.69) is 25.1 Å². The van der Waals surface area contributed by atoms with E-state index in [0.29, 0.717) is 0 Å². The Balaban J connectivity index is 3.30. The van der Waals surface area contributed by atoms with Crippen molar-refractivity contribution in [2.24, 2.45) is 0 Å². The lowest BCUT2D eigenvalue weighted by molar-refractivity contribution is -0.153. The molecule has 96 valence electrons. The number of ether oxygens (including phenoxy) is 1. The van der Waals surface area contributed by atoms with Gasteiger partial charge in [-0.1, -0.05) is 15.9 Å². The van der Waals surface area contributed by atoms with Crippen molar-refractivity contribution in [1.82, 2.24) is 0 Å². The van der Waals surface area contributed by atoms with E-state index in [4.69, 9.17) is 0 Å². The highest BCUT2D eigenvalue weighted by Crippen LogP contribution is 2.38. The van der Waals surface area contributed by atoms with Crippen LogP contribution in [0.4, 0.5) is 13.2 Å². The monoisotopic (exact) mass is 314 g/mol. The smallest absolute Gasteiger partial charge is 0.450 e. The summed E-state index contributed by atoms with van der Waals surface area (Å²) in [4.78, 5) is 11.1. The lowest BCUT2D eigenvalue weighted by Gasteiger charge is -2.08. The van der Waals surface area contributed by atoms with Gasteiger partial charge in [0.15, 0.2) is 0 Å². The van der Waals surface area contributed by atoms with Crippen LogP contribution in [-0.2, 0) is 10.9 Å². The number of rotatable bonds is 3. The third-order valence-electron chi connectivity index (χ3n) is 1.99.